The SMILES string of the molecule is Cc1ccccc1-c1noc(CC2CCCN(C(=O)C3CCCN(C)C3)C2)n1. The normalized spacial score (nSPS) is 23.7. The summed E-state index contributed by atoms with van der Waals surface area (Å²) in [6, 6.07) is 8.08. The Labute approximate surface area is 166 Å². The molecule has 0 radical (unpaired) electrons. The molecule has 2 aliphatic rings. The Morgan fingerprint density at radius 2 is 2.00 bits per heavy atom. The molecule has 0 N–H and O–H groups in total. The van der Waals surface area contributed by atoms with Gasteiger partial charge in [-0.3, -0.25) is 4.79 Å². The largest absolute Gasteiger partial charge is 0.342 e. The molecule has 1 amide bonds. The van der Waals surface area contributed by atoms with Gasteiger partial charge in [0.1, 0.15) is 0 Å². The highest BCUT2D eigenvalue weighted by molar-refractivity contribution is 5.79. The van der Waals surface area contributed by atoms with Gasteiger partial charge in [0.15, 0.2) is 0 Å². The summed E-state index contributed by atoms with van der Waals surface area (Å²) in [7, 11) is 2.11. The third kappa shape index (κ3) is 4.27. The summed E-state index contributed by atoms with van der Waals surface area (Å²) in [4.78, 5) is 21.9. The summed E-state index contributed by atoms with van der Waals surface area (Å²) < 4.78 is 5.53. The van der Waals surface area contributed by atoms with Gasteiger partial charge in [-0.15, -0.1) is 0 Å². The molecule has 2 atom stereocenters. The Bertz CT molecular complexity index is 818. The van der Waals surface area contributed by atoms with E-state index in [1.807, 2.05) is 18.2 Å². The van der Waals surface area contributed by atoms with Crippen molar-refractivity contribution in [3.63, 3.8) is 0 Å². The number of aromatic nitrogens is 2. The first-order chi connectivity index (χ1) is 13.6. The van der Waals surface area contributed by atoms with Crippen molar-refractivity contribution in [3.8, 4) is 11.4 Å². The Morgan fingerprint density at radius 3 is 2.82 bits per heavy atom. The van der Waals surface area contributed by atoms with Gasteiger partial charge < -0.3 is 14.3 Å². The number of carbonyl (C=O) groups is 1. The zero-order chi connectivity index (χ0) is 19.5. The van der Waals surface area contributed by atoms with Crippen molar-refractivity contribution >= 4 is 5.91 Å². The van der Waals surface area contributed by atoms with Crippen molar-refractivity contribution in [2.75, 3.05) is 33.2 Å². The molecule has 0 saturated carbocycles. The molecule has 0 spiro atoms. The van der Waals surface area contributed by atoms with E-state index in [1.54, 1.807) is 0 Å². The van der Waals surface area contributed by atoms with Crippen LogP contribution in [0.3, 0.4) is 0 Å². The first-order valence-corrected chi connectivity index (χ1v) is 10.5. The van der Waals surface area contributed by atoms with Gasteiger partial charge in [0.2, 0.25) is 17.6 Å². The number of nitrogens with zero attached hydrogens (tertiary/aromatic N) is 4. The second-order valence-electron chi connectivity index (χ2n) is 8.42. The zero-order valence-electron chi connectivity index (χ0n) is 16.9. The zero-order valence-corrected chi connectivity index (χ0v) is 16.9. The summed E-state index contributed by atoms with van der Waals surface area (Å²) in [5.74, 6) is 2.22. The minimum absolute atomic E-state index is 0.161. The molecule has 2 fully saturated rings. The van der Waals surface area contributed by atoms with E-state index in [1.165, 1.54) is 0 Å². The Hall–Kier alpha value is -2.21. The topological polar surface area (TPSA) is 62.5 Å². The van der Waals surface area contributed by atoms with Gasteiger partial charge in [0, 0.05) is 31.6 Å². The van der Waals surface area contributed by atoms with Crippen LogP contribution in [0.25, 0.3) is 11.4 Å². The van der Waals surface area contributed by atoms with Crippen LogP contribution in [-0.2, 0) is 11.2 Å². The van der Waals surface area contributed by atoms with Gasteiger partial charge >= 0.3 is 0 Å². The molecule has 1 aromatic heterocycles. The quantitative estimate of drug-likeness (QED) is 0.813. The molecule has 1 aromatic carbocycles. The maximum Gasteiger partial charge on any atom is 0.227 e. The number of benzene rings is 1. The molecule has 6 nitrogen and oxygen atoms in total. The van der Waals surface area contributed by atoms with Gasteiger partial charge in [-0.25, -0.2) is 0 Å². The van der Waals surface area contributed by atoms with E-state index in [4.69, 9.17) is 4.52 Å². The van der Waals surface area contributed by atoms with Crippen molar-refractivity contribution in [2.24, 2.45) is 11.8 Å². The average Bonchev–Trinajstić information content (AvgIpc) is 3.16. The van der Waals surface area contributed by atoms with E-state index in [0.29, 0.717) is 23.5 Å². The van der Waals surface area contributed by atoms with Crippen LogP contribution in [0.5, 0.6) is 0 Å². The molecule has 2 unspecified atom stereocenters. The van der Waals surface area contributed by atoms with Crippen molar-refractivity contribution in [1.29, 1.82) is 0 Å². The molecule has 28 heavy (non-hydrogen) atoms. The monoisotopic (exact) mass is 382 g/mol. The molecule has 3 heterocycles. The fourth-order valence-electron chi connectivity index (χ4n) is 4.58. The Kier molecular flexibility index (Phi) is 5.76. The first kappa shape index (κ1) is 19.1. The summed E-state index contributed by atoms with van der Waals surface area (Å²) in [6.45, 7) is 5.74. The van der Waals surface area contributed by atoms with Crippen molar-refractivity contribution in [3.05, 3.63) is 35.7 Å². The average molecular weight is 383 g/mol. The predicted molar refractivity (Wildman–Crippen MR) is 108 cm³/mol. The highest BCUT2D eigenvalue weighted by Gasteiger charge is 2.31. The molecule has 0 aliphatic carbocycles. The number of likely N-dealkylation sites (tertiary alicyclic amines) is 2. The summed E-state index contributed by atoms with van der Waals surface area (Å²) in [5.41, 5.74) is 2.15. The third-order valence-electron chi connectivity index (χ3n) is 6.12. The lowest BCUT2D eigenvalue weighted by atomic mass is 9.91. The molecular formula is C22H30N4O2. The van der Waals surface area contributed by atoms with Crippen molar-refractivity contribution < 1.29 is 9.32 Å². The lowest BCUT2D eigenvalue weighted by Gasteiger charge is -2.37. The second kappa shape index (κ2) is 8.43. The van der Waals surface area contributed by atoms with Crippen LogP contribution in [0, 0.1) is 18.8 Å². The van der Waals surface area contributed by atoms with Gasteiger partial charge in [-0.05, 0) is 57.7 Å². The molecule has 6 heteroatoms. The summed E-state index contributed by atoms with van der Waals surface area (Å²) in [6.07, 6.45) is 5.04. The highest BCUT2D eigenvalue weighted by Crippen LogP contribution is 2.26. The van der Waals surface area contributed by atoms with E-state index >= 15 is 0 Å². The molecule has 0 bridgehead atoms. The van der Waals surface area contributed by atoms with Gasteiger partial charge in [0.05, 0.1) is 5.92 Å². The van der Waals surface area contributed by atoms with E-state index in [9.17, 15) is 4.79 Å². The molecule has 2 saturated heterocycles. The van der Waals surface area contributed by atoms with E-state index in [-0.39, 0.29) is 5.92 Å². The maximum atomic E-state index is 13.0. The number of amides is 1. The lowest BCUT2D eigenvalue weighted by Crippen LogP contribution is -2.47. The van der Waals surface area contributed by atoms with Crippen LogP contribution in [0.1, 0.15) is 37.1 Å². The smallest absolute Gasteiger partial charge is 0.227 e. The van der Waals surface area contributed by atoms with Gasteiger partial charge in [0.25, 0.3) is 0 Å². The number of hydrogen-bond acceptors (Lipinski definition) is 5. The second-order valence-corrected chi connectivity index (χ2v) is 8.42. The third-order valence-corrected chi connectivity index (χ3v) is 6.12. The van der Waals surface area contributed by atoms with E-state index in [0.717, 1.165) is 69.4 Å². The summed E-state index contributed by atoms with van der Waals surface area (Å²) >= 11 is 0. The van der Waals surface area contributed by atoms with Crippen LogP contribution in [0.15, 0.2) is 28.8 Å². The standard InChI is InChI=1S/C22H30N4O2/c1-16-7-3-4-10-19(16)21-23-20(28-24-21)13-17-8-5-12-26(14-17)22(27)18-9-6-11-25(2)15-18/h3-4,7,10,17-18H,5-6,8-9,11-15H2,1-2H3. The predicted octanol–water partition coefficient (Wildman–Crippen LogP) is 3.17. The molecular weight excluding hydrogens is 352 g/mol. The first-order valence-electron chi connectivity index (χ1n) is 10.5. The number of rotatable bonds is 4. The number of piperidine rings is 2. The minimum Gasteiger partial charge on any atom is -0.342 e. The van der Waals surface area contributed by atoms with Crippen LogP contribution < -0.4 is 0 Å². The summed E-state index contributed by atoms with van der Waals surface area (Å²) in [5, 5.41) is 4.18. The Morgan fingerprint density at radius 1 is 1.18 bits per heavy atom. The number of aryl methyl sites for hydroxylation is 1. The molecule has 2 aliphatic heterocycles. The minimum atomic E-state index is 0.161. The molecule has 2 aromatic rings. The number of carbonyl (C=O) groups excluding carboxylic acids is 1. The highest BCUT2D eigenvalue weighted by atomic mass is 16.5. The fourth-order valence-corrected chi connectivity index (χ4v) is 4.58. The number of hydrogen-bond donors (Lipinski definition) is 0. The van der Waals surface area contributed by atoms with Crippen LogP contribution in [0.2, 0.25) is 0 Å². The van der Waals surface area contributed by atoms with Gasteiger partial charge in [-0.2, -0.15) is 4.98 Å². The van der Waals surface area contributed by atoms with Crippen LogP contribution in [0.4, 0.5) is 0 Å². The molecule has 150 valence electrons. The molecule has 4 rings (SSSR count). The van der Waals surface area contributed by atoms with Crippen LogP contribution in [-0.4, -0.2) is 59.1 Å². The van der Waals surface area contributed by atoms with Crippen molar-refractivity contribution in [2.45, 2.75) is 39.0 Å². The van der Waals surface area contributed by atoms with Crippen molar-refractivity contribution in [1.82, 2.24) is 19.9 Å². The van der Waals surface area contributed by atoms with Crippen LogP contribution >= 0.6 is 0 Å². The fraction of sp³-hybridized carbons (Fsp3) is 0.591. The Balaban J connectivity index is 1.38. The van der Waals surface area contributed by atoms with E-state index < -0.39 is 0 Å². The lowest BCUT2D eigenvalue weighted by molar-refractivity contribution is -0.139. The maximum absolute atomic E-state index is 13.0. The van der Waals surface area contributed by atoms with Gasteiger partial charge in [-0.1, -0.05) is 29.4 Å². The van der Waals surface area contributed by atoms with E-state index in [2.05, 4.69) is 40.0 Å².